The molecule has 1 atom stereocenters. The molecule has 0 saturated heterocycles. The van der Waals surface area contributed by atoms with Crippen molar-refractivity contribution in [3.63, 3.8) is 0 Å². The summed E-state index contributed by atoms with van der Waals surface area (Å²) >= 11 is 4.88. The molecule has 0 aliphatic carbocycles. The van der Waals surface area contributed by atoms with Gasteiger partial charge in [-0.05, 0) is 28.4 Å². The average Bonchev–Trinajstić information content (AvgIpc) is 2.98. The number of nitrogens with one attached hydrogen (secondary N) is 2. The van der Waals surface area contributed by atoms with E-state index in [1.54, 1.807) is 6.92 Å². The molecular weight excluding hydrogens is 460 g/mol. The summed E-state index contributed by atoms with van der Waals surface area (Å²) in [5, 5.41) is 6.14. The molecule has 7 nitrogen and oxygen atoms in total. The fourth-order valence-electron chi connectivity index (χ4n) is 2.43. The number of amides is 2. The molecule has 1 aromatic heterocycles. The van der Waals surface area contributed by atoms with E-state index in [-0.39, 0.29) is 25.5 Å². The van der Waals surface area contributed by atoms with Crippen LogP contribution in [0.3, 0.4) is 0 Å². The van der Waals surface area contributed by atoms with E-state index in [9.17, 15) is 14.4 Å². The summed E-state index contributed by atoms with van der Waals surface area (Å²) in [5.74, 6) is -1.28. The van der Waals surface area contributed by atoms with Crippen molar-refractivity contribution in [1.82, 2.24) is 5.32 Å². The molecule has 2 aromatic rings. The number of thiophene rings is 1. The van der Waals surface area contributed by atoms with E-state index in [1.165, 1.54) is 18.4 Å². The number of carbonyl (C=O) groups is 3. The second kappa shape index (κ2) is 11.0. The number of esters is 1. The first-order chi connectivity index (χ1) is 13.8. The van der Waals surface area contributed by atoms with Gasteiger partial charge in [0.1, 0.15) is 11.6 Å². The molecule has 1 aromatic carbocycles. The summed E-state index contributed by atoms with van der Waals surface area (Å²) in [6.07, 6.45) is -0.561. The van der Waals surface area contributed by atoms with Crippen LogP contribution in [0, 0.1) is 12.8 Å². The van der Waals surface area contributed by atoms with Gasteiger partial charge in [-0.15, -0.1) is 11.3 Å². The molecular formula is C20H23BrN2O5S. The summed E-state index contributed by atoms with van der Waals surface area (Å²) in [4.78, 5) is 36.7. The van der Waals surface area contributed by atoms with Crippen LogP contribution < -0.4 is 10.6 Å². The predicted octanol–water partition coefficient (Wildman–Crippen LogP) is 4.38. The Kier molecular flexibility index (Phi) is 8.66. The monoisotopic (exact) mass is 482 g/mol. The van der Waals surface area contributed by atoms with Crippen LogP contribution in [0.2, 0.25) is 0 Å². The lowest BCUT2D eigenvalue weighted by atomic mass is 10.1. The lowest BCUT2D eigenvalue weighted by Gasteiger charge is -2.12. The van der Waals surface area contributed by atoms with Gasteiger partial charge in [0, 0.05) is 20.8 Å². The number of alkyl carbamates (subject to hydrolysis) is 1. The van der Waals surface area contributed by atoms with Gasteiger partial charge < -0.3 is 20.1 Å². The highest BCUT2D eigenvalue weighted by atomic mass is 79.9. The Balaban J connectivity index is 1.95. The first-order valence-corrected chi connectivity index (χ1v) is 10.5. The largest absolute Gasteiger partial charge is 0.469 e. The maximum absolute atomic E-state index is 12.4. The second-order valence-electron chi connectivity index (χ2n) is 6.37. The van der Waals surface area contributed by atoms with Crippen LogP contribution in [-0.4, -0.2) is 25.1 Å². The van der Waals surface area contributed by atoms with Gasteiger partial charge in [-0.2, -0.15) is 0 Å². The number of ether oxygens (including phenoxy) is 2. The first kappa shape index (κ1) is 22.9. The molecule has 0 unspecified atom stereocenters. The maximum Gasteiger partial charge on any atom is 0.407 e. The van der Waals surface area contributed by atoms with Crippen LogP contribution in [-0.2, 0) is 32.2 Å². The molecule has 2 rings (SSSR count). The minimum Gasteiger partial charge on any atom is -0.469 e. The van der Waals surface area contributed by atoms with Gasteiger partial charge >= 0.3 is 12.1 Å². The van der Waals surface area contributed by atoms with Crippen molar-refractivity contribution in [1.29, 1.82) is 0 Å². The summed E-state index contributed by atoms with van der Waals surface area (Å²) in [6, 6.07) is 9.38. The molecule has 2 N–H and O–H groups in total. The topological polar surface area (TPSA) is 93.7 Å². The molecule has 2 amide bonds. The Labute approximate surface area is 181 Å². The van der Waals surface area contributed by atoms with Crippen molar-refractivity contribution < 1.29 is 23.9 Å². The molecule has 156 valence electrons. The predicted molar refractivity (Wildman–Crippen MR) is 115 cm³/mol. The second-order valence-corrected chi connectivity index (χ2v) is 8.38. The molecule has 0 fully saturated rings. The molecule has 0 aliphatic heterocycles. The van der Waals surface area contributed by atoms with E-state index in [4.69, 9.17) is 4.74 Å². The summed E-state index contributed by atoms with van der Waals surface area (Å²) < 4.78 is 10.6. The highest BCUT2D eigenvalue weighted by Gasteiger charge is 2.21. The van der Waals surface area contributed by atoms with Crippen LogP contribution in [0.4, 0.5) is 9.80 Å². The Hall–Kier alpha value is -2.39. The lowest BCUT2D eigenvalue weighted by Crippen LogP contribution is -2.26. The lowest BCUT2D eigenvalue weighted by molar-refractivity contribution is -0.143. The Morgan fingerprint density at radius 3 is 2.55 bits per heavy atom. The number of aryl methyl sites for hydroxylation is 1. The van der Waals surface area contributed by atoms with Crippen LogP contribution in [0.15, 0.2) is 34.8 Å². The highest BCUT2D eigenvalue weighted by molar-refractivity contribution is 9.10. The van der Waals surface area contributed by atoms with E-state index < -0.39 is 18.0 Å². The quantitative estimate of drug-likeness (QED) is 0.544. The van der Waals surface area contributed by atoms with Crippen molar-refractivity contribution in [2.45, 2.75) is 33.4 Å². The number of carbonyl (C=O) groups excluding carboxylic acids is 3. The summed E-state index contributed by atoms with van der Waals surface area (Å²) in [7, 11) is 1.29. The van der Waals surface area contributed by atoms with Gasteiger partial charge in [0.2, 0.25) is 5.91 Å². The van der Waals surface area contributed by atoms with Crippen molar-refractivity contribution in [2.24, 2.45) is 5.92 Å². The smallest absolute Gasteiger partial charge is 0.407 e. The number of anilines is 1. The standard InChI is InChI=1S/C20H23BrN2O5S/c1-12(9-16(24)27-3)18(25)23-19-15(17(21)13(2)29-19)10-22-20(26)28-11-14-7-5-4-6-8-14/h4-8,12H,9-11H2,1-3H3,(H,22,26)(H,23,25)/t12-/m0/s1. The average molecular weight is 483 g/mol. The van der Waals surface area contributed by atoms with Crippen molar-refractivity contribution in [3.05, 3.63) is 50.8 Å². The van der Waals surface area contributed by atoms with E-state index in [0.717, 1.165) is 20.5 Å². The molecule has 0 bridgehead atoms. The normalized spacial score (nSPS) is 11.4. The summed E-state index contributed by atoms with van der Waals surface area (Å²) in [5.41, 5.74) is 1.63. The molecule has 29 heavy (non-hydrogen) atoms. The van der Waals surface area contributed by atoms with Crippen molar-refractivity contribution >= 4 is 50.2 Å². The van der Waals surface area contributed by atoms with Crippen molar-refractivity contribution in [2.75, 3.05) is 12.4 Å². The zero-order valence-electron chi connectivity index (χ0n) is 16.4. The minimum atomic E-state index is -0.555. The minimum absolute atomic E-state index is 0.00669. The number of halogens is 1. The van der Waals surface area contributed by atoms with Gasteiger partial charge in [-0.1, -0.05) is 37.3 Å². The third-order valence-corrected chi connectivity index (χ3v) is 6.51. The third-order valence-electron chi connectivity index (χ3n) is 4.11. The number of hydrogen-bond acceptors (Lipinski definition) is 6. The fraction of sp³-hybridized carbons (Fsp3) is 0.350. The Bertz CT molecular complexity index is 869. The molecule has 0 spiro atoms. The first-order valence-electron chi connectivity index (χ1n) is 8.91. The number of rotatable bonds is 8. The van der Waals surface area contributed by atoms with E-state index >= 15 is 0 Å². The van der Waals surface area contributed by atoms with Gasteiger partial charge in [0.15, 0.2) is 0 Å². The van der Waals surface area contributed by atoms with Gasteiger partial charge in [-0.3, -0.25) is 9.59 Å². The Morgan fingerprint density at radius 2 is 1.90 bits per heavy atom. The number of methoxy groups -OCH3 is 1. The van der Waals surface area contributed by atoms with Gasteiger partial charge in [-0.25, -0.2) is 4.79 Å². The van der Waals surface area contributed by atoms with Crippen molar-refractivity contribution in [3.8, 4) is 0 Å². The zero-order chi connectivity index (χ0) is 21.4. The van der Waals surface area contributed by atoms with Crippen LogP contribution in [0.5, 0.6) is 0 Å². The van der Waals surface area contributed by atoms with E-state index in [2.05, 4.69) is 31.3 Å². The third kappa shape index (κ3) is 6.86. The number of benzene rings is 1. The van der Waals surface area contributed by atoms with E-state index in [1.807, 2.05) is 37.3 Å². The van der Waals surface area contributed by atoms with E-state index in [0.29, 0.717) is 5.00 Å². The van der Waals surface area contributed by atoms with Crippen LogP contribution >= 0.6 is 27.3 Å². The number of hydrogen-bond donors (Lipinski definition) is 2. The highest BCUT2D eigenvalue weighted by Crippen LogP contribution is 2.37. The van der Waals surface area contributed by atoms with Gasteiger partial charge in [0.25, 0.3) is 0 Å². The zero-order valence-corrected chi connectivity index (χ0v) is 18.8. The Morgan fingerprint density at radius 1 is 1.21 bits per heavy atom. The SMILES string of the molecule is COC(=O)C[C@H](C)C(=O)Nc1sc(C)c(Br)c1CNC(=O)OCc1ccccc1. The molecule has 0 radical (unpaired) electrons. The maximum atomic E-state index is 12.4. The van der Waals surface area contributed by atoms with Gasteiger partial charge in [0.05, 0.1) is 20.1 Å². The molecule has 1 heterocycles. The molecule has 9 heteroatoms. The fourth-order valence-corrected chi connectivity index (χ4v) is 4.11. The molecule has 0 aliphatic rings. The molecule has 0 saturated carbocycles. The van der Waals surface area contributed by atoms with Crippen LogP contribution in [0.1, 0.15) is 29.3 Å². The summed E-state index contributed by atoms with van der Waals surface area (Å²) in [6.45, 7) is 3.91. The van der Waals surface area contributed by atoms with Crippen LogP contribution in [0.25, 0.3) is 0 Å².